The summed E-state index contributed by atoms with van der Waals surface area (Å²) in [6.07, 6.45) is 1.72. The van der Waals surface area contributed by atoms with Crippen molar-refractivity contribution in [3.05, 3.63) is 54.2 Å². The van der Waals surface area contributed by atoms with Gasteiger partial charge in [0, 0.05) is 44.0 Å². The maximum Gasteiger partial charge on any atom is 0.315 e. The summed E-state index contributed by atoms with van der Waals surface area (Å²) in [7, 11) is 2.73. The average molecular weight is 346 g/mol. The number of pyridine rings is 1. The molecule has 128 valence electrons. The number of hydrogen-bond donors (Lipinski definition) is 2. The highest BCUT2D eigenvalue weighted by atomic mass is 32.2. The summed E-state index contributed by atoms with van der Waals surface area (Å²) in [6.45, 7) is 0.767. The molecule has 0 aliphatic rings. The second kappa shape index (κ2) is 9.02. The summed E-state index contributed by atoms with van der Waals surface area (Å²) >= 11 is 0. The van der Waals surface area contributed by atoms with E-state index in [4.69, 9.17) is 0 Å². The topological polar surface area (TPSA) is 74.3 Å². The van der Waals surface area contributed by atoms with Gasteiger partial charge in [-0.3, -0.25) is 4.21 Å². The molecule has 2 rings (SSSR count). The molecule has 1 aromatic heterocycles. The Balaban J connectivity index is 1.72. The van der Waals surface area contributed by atoms with Gasteiger partial charge < -0.3 is 15.5 Å². The highest BCUT2D eigenvalue weighted by Crippen LogP contribution is 2.09. The molecular formula is C17H22N4O2S. The van der Waals surface area contributed by atoms with Gasteiger partial charge in [0.15, 0.2) is 0 Å². The predicted octanol–water partition coefficient (Wildman–Crippen LogP) is 1.75. The molecule has 2 amide bonds. The predicted molar refractivity (Wildman–Crippen MR) is 96.5 cm³/mol. The number of aromatic nitrogens is 1. The Bertz CT molecular complexity index is 692. The molecule has 0 fully saturated rings. The van der Waals surface area contributed by atoms with Crippen molar-refractivity contribution in [1.29, 1.82) is 0 Å². The summed E-state index contributed by atoms with van der Waals surface area (Å²) in [6, 6.07) is 12.7. The molecule has 0 spiro atoms. The molecule has 0 bridgehead atoms. The van der Waals surface area contributed by atoms with Crippen molar-refractivity contribution in [2.75, 3.05) is 31.3 Å². The zero-order chi connectivity index (χ0) is 17.4. The Morgan fingerprint density at radius 2 is 1.92 bits per heavy atom. The van der Waals surface area contributed by atoms with Crippen LogP contribution in [-0.2, 0) is 17.3 Å². The van der Waals surface area contributed by atoms with Crippen molar-refractivity contribution in [1.82, 2.24) is 15.6 Å². The summed E-state index contributed by atoms with van der Waals surface area (Å²) < 4.78 is 12.0. The van der Waals surface area contributed by atoms with E-state index in [1.807, 2.05) is 61.5 Å². The number of anilines is 1. The molecule has 0 radical (unpaired) electrons. The van der Waals surface area contributed by atoms with Crippen molar-refractivity contribution in [2.45, 2.75) is 11.4 Å². The molecule has 6 nitrogen and oxygen atoms in total. The Hall–Kier alpha value is -2.41. The van der Waals surface area contributed by atoms with Gasteiger partial charge in [-0.15, -0.1) is 0 Å². The highest BCUT2D eigenvalue weighted by molar-refractivity contribution is 7.85. The minimum absolute atomic E-state index is 0.275. The molecule has 2 aromatic rings. The van der Waals surface area contributed by atoms with Gasteiger partial charge >= 0.3 is 6.03 Å². The second-order valence-electron chi connectivity index (χ2n) is 5.39. The minimum Gasteiger partial charge on any atom is -0.363 e. The number of carbonyl (C=O) groups excluding carboxylic acids is 1. The number of benzene rings is 1. The van der Waals surface area contributed by atoms with Crippen molar-refractivity contribution < 1.29 is 9.00 Å². The van der Waals surface area contributed by atoms with Gasteiger partial charge in [0.1, 0.15) is 5.82 Å². The lowest BCUT2D eigenvalue weighted by Crippen LogP contribution is -2.37. The fraction of sp³-hybridized carbons (Fsp3) is 0.294. The van der Waals surface area contributed by atoms with E-state index in [0.29, 0.717) is 18.8 Å². The van der Waals surface area contributed by atoms with Crippen LogP contribution in [0.5, 0.6) is 0 Å². The number of nitrogens with zero attached hydrogens (tertiary/aromatic N) is 2. The van der Waals surface area contributed by atoms with Gasteiger partial charge in [0.2, 0.25) is 0 Å². The fourth-order valence-corrected chi connectivity index (χ4v) is 2.99. The van der Waals surface area contributed by atoms with Crippen LogP contribution in [0.4, 0.5) is 10.6 Å². The lowest BCUT2D eigenvalue weighted by Gasteiger charge is -2.12. The van der Waals surface area contributed by atoms with Crippen LogP contribution in [0.15, 0.2) is 53.6 Å². The first-order chi connectivity index (χ1) is 11.6. The molecule has 0 unspecified atom stereocenters. The molecule has 7 heteroatoms. The maximum atomic E-state index is 12.0. The van der Waals surface area contributed by atoms with Crippen molar-refractivity contribution >= 4 is 22.6 Å². The van der Waals surface area contributed by atoms with Gasteiger partial charge in [-0.1, -0.05) is 18.2 Å². The fourth-order valence-electron chi connectivity index (χ4n) is 2.01. The number of rotatable bonds is 7. The minimum atomic E-state index is -1.10. The number of urea groups is 1. The summed E-state index contributed by atoms with van der Waals surface area (Å²) in [5.74, 6) is 1.23. The standard InChI is InChI=1S/C17H22N4O2S/c1-21(2)16-12-14(8-9-18-16)13-20-17(22)19-10-11-24(23)15-6-4-3-5-7-15/h3-9,12H,10-11,13H2,1-2H3,(H2,19,20,22)/t24-/m1/s1. The highest BCUT2D eigenvalue weighted by Gasteiger charge is 2.05. The molecule has 0 aliphatic carbocycles. The van der Waals surface area contributed by atoms with E-state index in [9.17, 15) is 9.00 Å². The number of amides is 2. The van der Waals surface area contributed by atoms with Crippen LogP contribution in [0, 0.1) is 0 Å². The summed E-state index contributed by atoms with van der Waals surface area (Å²) in [5.41, 5.74) is 0.969. The zero-order valence-corrected chi connectivity index (χ0v) is 14.7. The first-order valence-corrected chi connectivity index (χ1v) is 8.95. The SMILES string of the molecule is CN(C)c1cc(CNC(=O)NCC[S@@](=O)c2ccccc2)ccn1. The lowest BCUT2D eigenvalue weighted by molar-refractivity contribution is 0.241. The van der Waals surface area contributed by atoms with E-state index < -0.39 is 10.8 Å². The molecule has 2 N–H and O–H groups in total. The van der Waals surface area contributed by atoms with Crippen molar-refractivity contribution in [3.8, 4) is 0 Å². The molecule has 0 aliphatic heterocycles. The molecule has 1 atom stereocenters. The van der Waals surface area contributed by atoms with Crippen LogP contribution in [0.2, 0.25) is 0 Å². The van der Waals surface area contributed by atoms with Crippen LogP contribution < -0.4 is 15.5 Å². The molecular weight excluding hydrogens is 324 g/mol. The average Bonchev–Trinajstić information content (AvgIpc) is 2.61. The van der Waals surface area contributed by atoms with Gasteiger partial charge in [0.05, 0.1) is 10.8 Å². The third kappa shape index (κ3) is 5.66. The Labute approximate surface area is 144 Å². The van der Waals surface area contributed by atoms with Crippen molar-refractivity contribution in [2.24, 2.45) is 0 Å². The van der Waals surface area contributed by atoms with Crippen LogP contribution in [0.1, 0.15) is 5.56 Å². The van der Waals surface area contributed by atoms with Crippen LogP contribution >= 0.6 is 0 Å². The van der Waals surface area contributed by atoms with Gasteiger partial charge in [-0.2, -0.15) is 0 Å². The van der Waals surface area contributed by atoms with Gasteiger partial charge in [-0.05, 0) is 29.8 Å². The van der Waals surface area contributed by atoms with E-state index in [1.165, 1.54) is 0 Å². The molecule has 1 aromatic carbocycles. The first kappa shape index (κ1) is 17.9. The first-order valence-electron chi connectivity index (χ1n) is 7.63. The van der Waals surface area contributed by atoms with Crippen LogP contribution in [0.25, 0.3) is 0 Å². The van der Waals surface area contributed by atoms with Gasteiger partial charge in [-0.25, -0.2) is 9.78 Å². The van der Waals surface area contributed by atoms with Crippen LogP contribution in [0.3, 0.4) is 0 Å². The van der Waals surface area contributed by atoms with Gasteiger partial charge in [0.25, 0.3) is 0 Å². The molecule has 0 saturated carbocycles. The Kier molecular flexibility index (Phi) is 6.74. The summed E-state index contributed by atoms with van der Waals surface area (Å²) in [5, 5.41) is 5.51. The van der Waals surface area contributed by atoms with Crippen molar-refractivity contribution in [3.63, 3.8) is 0 Å². The number of nitrogens with one attached hydrogen (secondary N) is 2. The van der Waals surface area contributed by atoms with E-state index in [0.717, 1.165) is 16.3 Å². The van der Waals surface area contributed by atoms with E-state index >= 15 is 0 Å². The molecule has 24 heavy (non-hydrogen) atoms. The molecule has 1 heterocycles. The smallest absolute Gasteiger partial charge is 0.315 e. The number of hydrogen-bond acceptors (Lipinski definition) is 4. The van der Waals surface area contributed by atoms with E-state index in [1.54, 1.807) is 6.20 Å². The Morgan fingerprint density at radius 1 is 1.17 bits per heavy atom. The number of carbonyl (C=O) groups is 1. The summed E-state index contributed by atoms with van der Waals surface area (Å²) in [4.78, 5) is 18.7. The third-order valence-electron chi connectivity index (χ3n) is 3.30. The maximum absolute atomic E-state index is 12.0. The van der Waals surface area contributed by atoms with E-state index in [2.05, 4.69) is 15.6 Å². The largest absolute Gasteiger partial charge is 0.363 e. The monoisotopic (exact) mass is 346 g/mol. The van der Waals surface area contributed by atoms with E-state index in [-0.39, 0.29) is 6.03 Å². The normalized spacial score (nSPS) is 11.6. The zero-order valence-electron chi connectivity index (χ0n) is 13.9. The third-order valence-corrected chi connectivity index (χ3v) is 4.67. The Morgan fingerprint density at radius 3 is 2.62 bits per heavy atom. The lowest BCUT2D eigenvalue weighted by atomic mass is 10.2. The quantitative estimate of drug-likeness (QED) is 0.801. The second-order valence-corrected chi connectivity index (χ2v) is 6.96. The van der Waals surface area contributed by atoms with Crippen LogP contribution in [-0.4, -0.2) is 41.6 Å². The molecule has 0 saturated heterocycles.